The predicted octanol–water partition coefficient (Wildman–Crippen LogP) is 4.83. The average Bonchev–Trinajstić information content (AvgIpc) is 3.31. The SMILES string of the molecule is CC(C)(C)OC(=O)Nc1ccc2oc(C(=O)Nc3ccc(Cl)cn3)c(NC(=O)[C@H]3CC[C@H](N4CCOCC4=O)CC3)c2n1. The van der Waals surface area contributed by atoms with E-state index in [1.165, 1.54) is 24.4 Å². The van der Waals surface area contributed by atoms with Crippen LogP contribution in [0.25, 0.3) is 11.1 Å². The second kappa shape index (κ2) is 12.6. The molecule has 1 aliphatic heterocycles. The fourth-order valence-corrected chi connectivity index (χ4v) is 5.26. The lowest BCUT2D eigenvalue weighted by molar-refractivity contribution is -0.146. The van der Waals surface area contributed by atoms with Crippen LogP contribution in [0.3, 0.4) is 0 Å². The van der Waals surface area contributed by atoms with Crippen molar-refractivity contribution in [3.05, 3.63) is 41.2 Å². The van der Waals surface area contributed by atoms with Crippen LogP contribution in [0.15, 0.2) is 34.9 Å². The molecule has 43 heavy (non-hydrogen) atoms. The third kappa shape index (κ3) is 7.41. The van der Waals surface area contributed by atoms with Crippen LogP contribution in [0, 0.1) is 5.92 Å². The number of pyridine rings is 2. The number of rotatable bonds is 6. The van der Waals surface area contributed by atoms with Gasteiger partial charge in [0.25, 0.3) is 5.91 Å². The number of fused-ring (bicyclic) bond motifs is 1. The highest BCUT2D eigenvalue weighted by molar-refractivity contribution is 6.30. The molecule has 3 aromatic heterocycles. The van der Waals surface area contributed by atoms with Crippen molar-refractivity contribution in [2.75, 3.05) is 35.7 Å². The molecule has 1 aliphatic carbocycles. The molecule has 1 saturated carbocycles. The molecule has 1 saturated heterocycles. The fraction of sp³-hybridized carbons (Fsp3) is 0.448. The van der Waals surface area contributed by atoms with Crippen molar-refractivity contribution in [1.82, 2.24) is 14.9 Å². The van der Waals surface area contributed by atoms with Crippen molar-refractivity contribution in [3.8, 4) is 0 Å². The van der Waals surface area contributed by atoms with E-state index >= 15 is 0 Å². The van der Waals surface area contributed by atoms with Crippen LogP contribution >= 0.6 is 11.6 Å². The quantitative estimate of drug-likeness (QED) is 0.353. The highest BCUT2D eigenvalue weighted by Crippen LogP contribution is 2.34. The number of amides is 4. The van der Waals surface area contributed by atoms with Gasteiger partial charge in [0.05, 0.1) is 11.6 Å². The molecule has 3 aromatic rings. The molecule has 0 spiro atoms. The lowest BCUT2D eigenvalue weighted by Gasteiger charge is -2.38. The first-order valence-electron chi connectivity index (χ1n) is 14.0. The van der Waals surface area contributed by atoms with Crippen LogP contribution in [-0.2, 0) is 19.1 Å². The number of ether oxygens (including phenoxy) is 2. The molecule has 2 aliphatic rings. The van der Waals surface area contributed by atoms with E-state index in [4.69, 9.17) is 25.5 Å². The molecule has 0 bridgehead atoms. The Balaban J connectivity index is 1.38. The Morgan fingerprint density at radius 1 is 1.02 bits per heavy atom. The third-order valence-electron chi connectivity index (χ3n) is 7.12. The highest BCUT2D eigenvalue weighted by Gasteiger charge is 2.34. The Bertz CT molecular complexity index is 1530. The molecule has 3 N–H and O–H groups in total. The molecule has 13 nitrogen and oxygen atoms in total. The molecule has 0 radical (unpaired) electrons. The summed E-state index contributed by atoms with van der Waals surface area (Å²) in [6.07, 6.45) is 3.14. The minimum Gasteiger partial charge on any atom is -0.447 e. The molecule has 0 unspecified atom stereocenters. The van der Waals surface area contributed by atoms with Crippen molar-refractivity contribution in [3.63, 3.8) is 0 Å². The van der Waals surface area contributed by atoms with E-state index < -0.39 is 17.6 Å². The third-order valence-corrected chi connectivity index (χ3v) is 7.34. The van der Waals surface area contributed by atoms with Gasteiger partial charge in [0, 0.05) is 24.7 Å². The number of furan rings is 1. The van der Waals surface area contributed by atoms with Crippen molar-refractivity contribution in [2.45, 2.75) is 58.1 Å². The number of nitrogens with one attached hydrogen (secondary N) is 3. The number of hydrogen-bond donors (Lipinski definition) is 3. The summed E-state index contributed by atoms with van der Waals surface area (Å²) >= 11 is 5.91. The summed E-state index contributed by atoms with van der Waals surface area (Å²) in [5.41, 5.74) is -0.278. The minimum atomic E-state index is -0.724. The first kappa shape index (κ1) is 30.2. The number of nitrogens with zero attached hydrogens (tertiary/aromatic N) is 3. The summed E-state index contributed by atoms with van der Waals surface area (Å²) in [7, 11) is 0. The monoisotopic (exact) mass is 612 g/mol. The van der Waals surface area contributed by atoms with Gasteiger partial charge in [0.15, 0.2) is 5.58 Å². The number of hydrogen-bond acceptors (Lipinski definition) is 9. The Morgan fingerprint density at radius 2 is 1.77 bits per heavy atom. The molecule has 4 amide bonds. The van der Waals surface area contributed by atoms with Gasteiger partial charge in [0.2, 0.25) is 17.6 Å². The fourth-order valence-electron chi connectivity index (χ4n) is 5.14. The van der Waals surface area contributed by atoms with Crippen LogP contribution in [0.4, 0.5) is 22.1 Å². The van der Waals surface area contributed by atoms with Gasteiger partial charge in [-0.15, -0.1) is 0 Å². The van der Waals surface area contributed by atoms with Crippen molar-refractivity contribution in [1.29, 1.82) is 0 Å². The number of aromatic nitrogens is 2. The molecular formula is C29H33ClN6O7. The molecular weight excluding hydrogens is 580 g/mol. The molecule has 0 aromatic carbocycles. The summed E-state index contributed by atoms with van der Waals surface area (Å²) in [5, 5.41) is 8.47. The maximum absolute atomic E-state index is 13.5. The topological polar surface area (TPSA) is 165 Å². The second-order valence-electron chi connectivity index (χ2n) is 11.4. The van der Waals surface area contributed by atoms with E-state index in [1.807, 2.05) is 4.90 Å². The number of morpholine rings is 1. The zero-order valence-electron chi connectivity index (χ0n) is 24.1. The number of carbonyl (C=O) groups excluding carboxylic acids is 4. The zero-order valence-corrected chi connectivity index (χ0v) is 24.8. The molecule has 14 heteroatoms. The maximum Gasteiger partial charge on any atom is 0.413 e. The van der Waals surface area contributed by atoms with Crippen molar-refractivity contribution < 1.29 is 33.1 Å². The first-order chi connectivity index (χ1) is 20.5. The van der Waals surface area contributed by atoms with Gasteiger partial charge >= 0.3 is 6.09 Å². The number of carbonyl (C=O) groups is 4. The summed E-state index contributed by atoms with van der Waals surface area (Å²) in [6, 6.07) is 6.19. The van der Waals surface area contributed by atoms with Gasteiger partial charge in [-0.3, -0.25) is 19.7 Å². The molecule has 228 valence electrons. The number of halogens is 1. The van der Waals surface area contributed by atoms with E-state index in [0.29, 0.717) is 43.9 Å². The van der Waals surface area contributed by atoms with Crippen LogP contribution in [0.2, 0.25) is 5.02 Å². The Morgan fingerprint density at radius 3 is 2.44 bits per heavy atom. The van der Waals surface area contributed by atoms with E-state index in [2.05, 4.69) is 25.9 Å². The first-order valence-corrected chi connectivity index (χ1v) is 14.4. The van der Waals surface area contributed by atoms with Crippen LogP contribution in [0.5, 0.6) is 0 Å². The van der Waals surface area contributed by atoms with Gasteiger partial charge in [-0.2, -0.15) is 0 Å². The zero-order chi connectivity index (χ0) is 30.7. The van der Waals surface area contributed by atoms with Gasteiger partial charge in [-0.1, -0.05) is 11.6 Å². The van der Waals surface area contributed by atoms with Crippen LogP contribution < -0.4 is 16.0 Å². The lowest BCUT2D eigenvalue weighted by atomic mass is 9.84. The van der Waals surface area contributed by atoms with E-state index in [0.717, 1.165) is 0 Å². The van der Waals surface area contributed by atoms with E-state index in [9.17, 15) is 19.2 Å². The Labute approximate surface area is 252 Å². The number of anilines is 3. The van der Waals surface area contributed by atoms with E-state index in [-0.39, 0.29) is 64.6 Å². The molecule has 5 rings (SSSR count). The highest BCUT2D eigenvalue weighted by atomic mass is 35.5. The van der Waals surface area contributed by atoms with Crippen LogP contribution in [0.1, 0.15) is 57.0 Å². The summed E-state index contributed by atoms with van der Waals surface area (Å²) in [4.78, 5) is 61.9. The van der Waals surface area contributed by atoms with Gasteiger partial charge in [0.1, 0.15) is 35.0 Å². The lowest BCUT2D eigenvalue weighted by Crippen LogP contribution is -2.49. The van der Waals surface area contributed by atoms with Gasteiger partial charge in [-0.05, 0) is 70.7 Å². The Hall–Kier alpha value is -4.23. The Kier molecular flexibility index (Phi) is 8.83. The molecule has 2 fully saturated rings. The second-order valence-corrected chi connectivity index (χ2v) is 11.9. The minimum absolute atomic E-state index is 0.0308. The standard InChI is InChI=1S/C29H33ClN6O7/c1-29(2,3)43-28(40)34-21-11-9-19-23(32-21)24(25(42-19)27(39)33-20-10-6-17(30)14-31-20)35-26(38)16-4-7-18(8-5-16)36-12-13-41-15-22(36)37/h6,9-11,14,16,18H,4-5,7-8,12-13,15H2,1-3H3,(H,35,38)(H,31,33,39)(H,32,34,40)/t16-,18-. The van der Waals surface area contributed by atoms with Crippen LogP contribution in [-0.4, -0.2) is 70.1 Å². The maximum atomic E-state index is 13.5. The van der Waals surface area contributed by atoms with Gasteiger partial charge in [-0.25, -0.2) is 14.8 Å². The normalized spacial score (nSPS) is 19.2. The molecule has 4 heterocycles. The summed E-state index contributed by atoms with van der Waals surface area (Å²) in [6.45, 7) is 6.35. The largest absolute Gasteiger partial charge is 0.447 e. The van der Waals surface area contributed by atoms with Crippen molar-refractivity contribution >= 4 is 63.8 Å². The van der Waals surface area contributed by atoms with Crippen molar-refractivity contribution in [2.24, 2.45) is 5.92 Å². The average molecular weight is 613 g/mol. The molecule has 0 atom stereocenters. The van der Waals surface area contributed by atoms with Gasteiger partial charge < -0.3 is 29.4 Å². The summed E-state index contributed by atoms with van der Waals surface area (Å²) in [5.74, 6) is -1.18. The predicted molar refractivity (Wildman–Crippen MR) is 158 cm³/mol. The van der Waals surface area contributed by atoms with E-state index in [1.54, 1.807) is 26.8 Å². The summed E-state index contributed by atoms with van der Waals surface area (Å²) < 4.78 is 16.4. The smallest absolute Gasteiger partial charge is 0.413 e.